The predicted octanol–water partition coefficient (Wildman–Crippen LogP) is 4.36. The number of hydrogen-bond donors (Lipinski definition) is 0. The highest BCUT2D eigenvalue weighted by Gasteiger charge is 2.25. The van der Waals surface area contributed by atoms with Gasteiger partial charge in [0.05, 0.1) is 0 Å². The average molecular weight is 302 g/mol. The fourth-order valence-electron chi connectivity index (χ4n) is 2.72. The summed E-state index contributed by atoms with van der Waals surface area (Å²) in [7, 11) is 0. The van der Waals surface area contributed by atoms with Gasteiger partial charge in [-0.1, -0.05) is 46.9 Å². The monoisotopic (exact) mass is 302 g/mol. The average Bonchev–Trinajstić information content (AvgIpc) is 2.30. The third kappa shape index (κ3) is 2.62. The van der Waals surface area contributed by atoms with Gasteiger partial charge in [-0.2, -0.15) is 0 Å². The molecule has 78 valence electrons. The van der Waals surface area contributed by atoms with Crippen LogP contribution in [0.5, 0.6) is 0 Å². The first-order valence-corrected chi connectivity index (χ1v) is 7.32. The van der Waals surface area contributed by atoms with Gasteiger partial charge in [0.15, 0.2) is 0 Å². The summed E-state index contributed by atoms with van der Waals surface area (Å²) in [4.78, 5) is 0. The summed E-state index contributed by atoms with van der Waals surface area (Å²) in [6.45, 7) is 0. The van der Waals surface area contributed by atoms with Gasteiger partial charge in [-0.3, -0.25) is 0 Å². The summed E-state index contributed by atoms with van der Waals surface area (Å²) in [5.74, 6) is 2.86. The molecule has 0 heterocycles. The molecule has 0 spiro atoms. The molecular formula is C13H19I. The molecule has 0 aromatic heterocycles. The molecule has 1 unspecified atom stereocenters. The van der Waals surface area contributed by atoms with Crippen LogP contribution in [-0.2, 0) is 0 Å². The van der Waals surface area contributed by atoms with Gasteiger partial charge in [0.1, 0.15) is 0 Å². The lowest BCUT2D eigenvalue weighted by atomic mass is 9.74. The van der Waals surface area contributed by atoms with Gasteiger partial charge >= 0.3 is 0 Å². The molecule has 1 saturated carbocycles. The van der Waals surface area contributed by atoms with Crippen LogP contribution in [0.4, 0.5) is 0 Å². The first-order chi connectivity index (χ1) is 6.90. The van der Waals surface area contributed by atoms with Crippen molar-refractivity contribution >= 4 is 22.6 Å². The van der Waals surface area contributed by atoms with Crippen molar-refractivity contribution in [3.05, 3.63) is 24.3 Å². The maximum absolute atomic E-state index is 2.54. The van der Waals surface area contributed by atoms with Crippen LogP contribution in [0.3, 0.4) is 0 Å². The Morgan fingerprint density at radius 3 is 2.43 bits per heavy atom. The predicted molar refractivity (Wildman–Crippen MR) is 70.7 cm³/mol. The van der Waals surface area contributed by atoms with Crippen LogP contribution < -0.4 is 0 Å². The molecule has 0 nitrogen and oxygen atoms in total. The number of allylic oxidation sites excluding steroid dienone is 4. The lowest BCUT2D eigenvalue weighted by Crippen LogP contribution is -2.21. The Labute approximate surface area is 101 Å². The zero-order valence-electron chi connectivity index (χ0n) is 8.66. The van der Waals surface area contributed by atoms with Crippen LogP contribution in [0.15, 0.2) is 24.3 Å². The number of halogens is 1. The largest absolute Gasteiger partial charge is 0.0861 e. The van der Waals surface area contributed by atoms with Gasteiger partial charge in [-0.05, 0) is 49.9 Å². The van der Waals surface area contributed by atoms with Crippen LogP contribution in [0.1, 0.15) is 32.1 Å². The highest BCUT2D eigenvalue weighted by atomic mass is 127. The molecule has 2 rings (SSSR count). The molecular weight excluding hydrogens is 283 g/mol. The Kier molecular flexibility index (Phi) is 4.09. The van der Waals surface area contributed by atoms with E-state index < -0.39 is 0 Å². The Balaban J connectivity index is 1.83. The quantitative estimate of drug-likeness (QED) is 0.525. The molecule has 1 fully saturated rings. The highest BCUT2D eigenvalue weighted by molar-refractivity contribution is 14.1. The molecule has 1 atom stereocenters. The van der Waals surface area contributed by atoms with Gasteiger partial charge in [-0.15, -0.1) is 0 Å². The van der Waals surface area contributed by atoms with E-state index in [2.05, 4.69) is 46.9 Å². The first-order valence-electron chi connectivity index (χ1n) is 5.79. The summed E-state index contributed by atoms with van der Waals surface area (Å²) in [6, 6.07) is 0. The maximum Gasteiger partial charge on any atom is 0.00237 e. The van der Waals surface area contributed by atoms with Gasteiger partial charge in [0.25, 0.3) is 0 Å². The molecule has 0 aromatic carbocycles. The zero-order chi connectivity index (χ0) is 9.80. The normalized spacial score (nSPS) is 37.4. The Morgan fingerprint density at radius 2 is 1.86 bits per heavy atom. The molecule has 0 aliphatic heterocycles. The molecule has 2 aliphatic rings. The van der Waals surface area contributed by atoms with Gasteiger partial charge in [0, 0.05) is 4.43 Å². The lowest BCUT2D eigenvalue weighted by Gasteiger charge is -2.32. The van der Waals surface area contributed by atoms with Gasteiger partial charge < -0.3 is 0 Å². The number of rotatable bonds is 2. The van der Waals surface area contributed by atoms with Crippen molar-refractivity contribution in [2.45, 2.75) is 32.1 Å². The van der Waals surface area contributed by atoms with E-state index >= 15 is 0 Å². The number of alkyl halides is 1. The van der Waals surface area contributed by atoms with E-state index in [4.69, 9.17) is 0 Å². The summed E-state index contributed by atoms with van der Waals surface area (Å²) in [5, 5.41) is 0. The standard InChI is InChI=1S/C13H19I/c14-10-11-6-8-13(9-7-11)12-4-2-1-3-5-12/h1-4,11-13H,5-10H2/t11-,12?,13+. The summed E-state index contributed by atoms with van der Waals surface area (Å²) < 4.78 is 1.37. The summed E-state index contributed by atoms with van der Waals surface area (Å²) in [6.07, 6.45) is 16.3. The van der Waals surface area contributed by atoms with Crippen LogP contribution in [0.2, 0.25) is 0 Å². The van der Waals surface area contributed by atoms with E-state index in [0.29, 0.717) is 0 Å². The molecule has 0 N–H and O–H groups in total. The molecule has 14 heavy (non-hydrogen) atoms. The van der Waals surface area contributed by atoms with Crippen molar-refractivity contribution in [2.24, 2.45) is 17.8 Å². The highest BCUT2D eigenvalue weighted by Crippen LogP contribution is 2.36. The fourth-order valence-corrected chi connectivity index (χ4v) is 3.60. The van der Waals surface area contributed by atoms with Crippen LogP contribution in [0, 0.1) is 17.8 Å². The van der Waals surface area contributed by atoms with Crippen molar-refractivity contribution in [3.63, 3.8) is 0 Å². The minimum Gasteiger partial charge on any atom is -0.0861 e. The number of hydrogen-bond acceptors (Lipinski definition) is 0. The second kappa shape index (κ2) is 5.34. The molecule has 0 saturated heterocycles. The second-order valence-corrected chi connectivity index (χ2v) is 5.53. The summed E-state index contributed by atoms with van der Waals surface area (Å²) >= 11 is 2.54. The van der Waals surface area contributed by atoms with Gasteiger partial charge in [-0.25, -0.2) is 0 Å². The first kappa shape index (κ1) is 10.7. The van der Waals surface area contributed by atoms with Crippen LogP contribution in [-0.4, -0.2) is 4.43 Å². The van der Waals surface area contributed by atoms with Gasteiger partial charge in [0.2, 0.25) is 0 Å². The topological polar surface area (TPSA) is 0 Å². The minimum absolute atomic E-state index is 0.857. The minimum atomic E-state index is 0.857. The van der Waals surface area contributed by atoms with E-state index in [0.717, 1.165) is 17.8 Å². The van der Waals surface area contributed by atoms with Crippen molar-refractivity contribution in [3.8, 4) is 0 Å². The van der Waals surface area contributed by atoms with E-state index in [1.807, 2.05) is 0 Å². The van der Waals surface area contributed by atoms with Crippen molar-refractivity contribution in [1.29, 1.82) is 0 Å². The van der Waals surface area contributed by atoms with E-state index in [9.17, 15) is 0 Å². The molecule has 0 radical (unpaired) electrons. The van der Waals surface area contributed by atoms with Crippen LogP contribution in [0.25, 0.3) is 0 Å². The molecule has 2 aliphatic carbocycles. The SMILES string of the molecule is IC[C@H]1CC[C@@H](C2C=CC=CC2)CC1. The van der Waals surface area contributed by atoms with E-state index in [-0.39, 0.29) is 0 Å². The Hall–Kier alpha value is 0.210. The Morgan fingerprint density at radius 1 is 1.07 bits per heavy atom. The summed E-state index contributed by atoms with van der Waals surface area (Å²) in [5.41, 5.74) is 0. The van der Waals surface area contributed by atoms with Crippen molar-refractivity contribution in [2.75, 3.05) is 4.43 Å². The third-order valence-corrected chi connectivity index (χ3v) is 4.97. The zero-order valence-corrected chi connectivity index (χ0v) is 10.8. The fraction of sp³-hybridized carbons (Fsp3) is 0.692. The smallest absolute Gasteiger partial charge is 0.00237 e. The van der Waals surface area contributed by atoms with E-state index in [1.54, 1.807) is 0 Å². The lowest BCUT2D eigenvalue weighted by molar-refractivity contribution is 0.244. The van der Waals surface area contributed by atoms with Crippen LogP contribution >= 0.6 is 22.6 Å². The second-order valence-electron chi connectivity index (χ2n) is 4.65. The molecule has 1 heteroatoms. The maximum atomic E-state index is 2.54. The van der Waals surface area contributed by atoms with E-state index in [1.165, 1.54) is 36.5 Å². The van der Waals surface area contributed by atoms with Crippen molar-refractivity contribution < 1.29 is 0 Å². The molecule has 0 bridgehead atoms. The third-order valence-electron chi connectivity index (χ3n) is 3.73. The molecule has 0 amide bonds. The Bertz CT molecular complexity index is 221. The van der Waals surface area contributed by atoms with Crippen molar-refractivity contribution in [1.82, 2.24) is 0 Å². The molecule has 0 aromatic rings.